The Balaban J connectivity index is 2.66. The minimum absolute atomic E-state index is 0.0677. The molecule has 0 fully saturated rings. The summed E-state index contributed by atoms with van der Waals surface area (Å²) in [7, 11) is 0. The van der Waals surface area contributed by atoms with Gasteiger partial charge in [-0.2, -0.15) is 0 Å². The Labute approximate surface area is 112 Å². The van der Waals surface area contributed by atoms with Crippen LogP contribution in [0.1, 0.15) is 25.8 Å². The molecule has 1 aromatic rings. The van der Waals surface area contributed by atoms with E-state index >= 15 is 0 Å². The number of rotatable bonds is 6. The fraction of sp³-hybridized carbons (Fsp3) is 0.429. The minimum atomic E-state index is -0.903. The molecule has 0 heterocycles. The molecule has 104 valence electrons. The van der Waals surface area contributed by atoms with Crippen molar-refractivity contribution in [3.63, 3.8) is 0 Å². The third-order valence-corrected chi connectivity index (χ3v) is 2.61. The Kier molecular flexibility index (Phi) is 5.51. The number of aliphatic carboxylic acids is 1. The van der Waals surface area contributed by atoms with E-state index in [0.29, 0.717) is 23.6 Å². The third-order valence-electron chi connectivity index (χ3n) is 2.61. The smallest absolute Gasteiger partial charge is 0.307 e. The van der Waals surface area contributed by atoms with Gasteiger partial charge in [-0.3, -0.25) is 9.59 Å². The van der Waals surface area contributed by atoms with Crippen LogP contribution in [0.25, 0.3) is 0 Å². The van der Waals surface area contributed by atoms with Crippen LogP contribution < -0.4 is 11.1 Å². The van der Waals surface area contributed by atoms with Crippen LogP contribution in [0.2, 0.25) is 0 Å². The van der Waals surface area contributed by atoms with E-state index in [1.165, 1.54) is 0 Å². The molecule has 1 amide bonds. The van der Waals surface area contributed by atoms with Crippen LogP contribution in [-0.4, -0.2) is 23.0 Å². The zero-order chi connectivity index (χ0) is 14.4. The van der Waals surface area contributed by atoms with E-state index in [0.717, 1.165) is 0 Å². The second kappa shape index (κ2) is 6.89. The van der Waals surface area contributed by atoms with Gasteiger partial charge in [0.2, 0.25) is 5.91 Å². The SMILES string of the molecule is CC(C)C[C@@H](N)C(=O)Nc1cccc(CC(=O)O)c1. The molecular formula is C14H20N2O3. The van der Waals surface area contributed by atoms with Crippen molar-refractivity contribution in [1.82, 2.24) is 0 Å². The maximum atomic E-state index is 11.8. The van der Waals surface area contributed by atoms with Gasteiger partial charge in [0.05, 0.1) is 12.5 Å². The first-order valence-electron chi connectivity index (χ1n) is 6.25. The Hall–Kier alpha value is -1.88. The van der Waals surface area contributed by atoms with E-state index in [9.17, 15) is 9.59 Å². The molecule has 5 nitrogen and oxygen atoms in total. The molecule has 0 bridgehead atoms. The van der Waals surface area contributed by atoms with E-state index in [1.807, 2.05) is 13.8 Å². The lowest BCUT2D eigenvalue weighted by atomic mass is 10.0. The second-order valence-electron chi connectivity index (χ2n) is 5.00. The van der Waals surface area contributed by atoms with Gasteiger partial charge in [-0.15, -0.1) is 0 Å². The summed E-state index contributed by atoms with van der Waals surface area (Å²) >= 11 is 0. The predicted molar refractivity (Wildman–Crippen MR) is 73.8 cm³/mol. The monoisotopic (exact) mass is 264 g/mol. The highest BCUT2D eigenvalue weighted by atomic mass is 16.4. The molecule has 5 heteroatoms. The number of nitrogens with one attached hydrogen (secondary N) is 1. The van der Waals surface area contributed by atoms with Gasteiger partial charge in [0.15, 0.2) is 0 Å². The lowest BCUT2D eigenvalue weighted by Gasteiger charge is -2.14. The van der Waals surface area contributed by atoms with E-state index < -0.39 is 12.0 Å². The van der Waals surface area contributed by atoms with Crippen molar-refractivity contribution in [3.05, 3.63) is 29.8 Å². The molecule has 0 aliphatic rings. The summed E-state index contributed by atoms with van der Waals surface area (Å²) in [6.07, 6.45) is 0.544. The highest BCUT2D eigenvalue weighted by Gasteiger charge is 2.15. The average molecular weight is 264 g/mol. The maximum absolute atomic E-state index is 11.8. The maximum Gasteiger partial charge on any atom is 0.307 e. The Morgan fingerprint density at radius 3 is 2.63 bits per heavy atom. The second-order valence-corrected chi connectivity index (χ2v) is 5.00. The third kappa shape index (κ3) is 5.52. The quantitative estimate of drug-likeness (QED) is 0.728. The molecule has 0 aliphatic carbocycles. The number of carboxylic acids is 1. The lowest BCUT2D eigenvalue weighted by Crippen LogP contribution is -2.36. The molecular weight excluding hydrogens is 244 g/mol. The van der Waals surface area contributed by atoms with Gasteiger partial charge < -0.3 is 16.2 Å². The molecule has 0 aromatic heterocycles. The number of nitrogens with two attached hydrogens (primary N) is 1. The largest absolute Gasteiger partial charge is 0.481 e. The van der Waals surface area contributed by atoms with Crippen LogP contribution in [0.5, 0.6) is 0 Å². The lowest BCUT2D eigenvalue weighted by molar-refractivity contribution is -0.136. The van der Waals surface area contributed by atoms with Crippen molar-refractivity contribution in [2.24, 2.45) is 11.7 Å². The number of carbonyl (C=O) groups excluding carboxylic acids is 1. The minimum Gasteiger partial charge on any atom is -0.481 e. The van der Waals surface area contributed by atoms with Crippen LogP contribution in [0.4, 0.5) is 5.69 Å². The molecule has 0 unspecified atom stereocenters. The van der Waals surface area contributed by atoms with Gasteiger partial charge >= 0.3 is 5.97 Å². The number of anilines is 1. The first kappa shape index (κ1) is 15.2. The molecule has 0 aliphatic heterocycles. The zero-order valence-electron chi connectivity index (χ0n) is 11.2. The van der Waals surface area contributed by atoms with Crippen LogP contribution in [0, 0.1) is 5.92 Å². The van der Waals surface area contributed by atoms with Crippen molar-refractivity contribution in [2.75, 3.05) is 5.32 Å². The van der Waals surface area contributed by atoms with Crippen LogP contribution in [-0.2, 0) is 16.0 Å². The van der Waals surface area contributed by atoms with Gasteiger partial charge in [-0.1, -0.05) is 26.0 Å². The summed E-state index contributed by atoms with van der Waals surface area (Å²) in [6.45, 7) is 4.00. The molecule has 0 spiro atoms. The summed E-state index contributed by atoms with van der Waals surface area (Å²) in [4.78, 5) is 22.5. The number of hydrogen-bond acceptors (Lipinski definition) is 3. The highest BCUT2D eigenvalue weighted by molar-refractivity contribution is 5.94. The Bertz CT molecular complexity index is 458. The zero-order valence-corrected chi connectivity index (χ0v) is 11.2. The van der Waals surface area contributed by atoms with Crippen LogP contribution in [0.3, 0.4) is 0 Å². The summed E-state index contributed by atoms with van der Waals surface area (Å²) in [5, 5.41) is 11.4. The molecule has 1 aromatic carbocycles. The first-order valence-corrected chi connectivity index (χ1v) is 6.25. The Morgan fingerprint density at radius 2 is 2.05 bits per heavy atom. The average Bonchev–Trinajstić information content (AvgIpc) is 2.27. The first-order chi connectivity index (χ1) is 8.88. The summed E-state index contributed by atoms with van der Waals surface area (Å²) in [5.41, 5.74) is 6.99. The number of carboxylic acid groups (broad SMARTS) is 1. The number of benzene rings is 1. The van der Waals surface area contributed by atoms with E-state index in [2.05, 4.69) is 5.32 Å². The topological polar surface area (TPSA) is 92.4 Å². The van der Waals surface area contributed by atoms with Gasteiger partial charge in [0.1, 0.15) is 0 Å². The molecule has 0 radical (unpaired) electrons. The van der Waals surface area contributed by atoms with Crippen molar-refractivity contribution < 1.29 is 14.7 Å². The number of hydrogen-bond donors (Lipinski definition) is 3. The van der Waals surface area contributed by atoms with Crippen LogP contribution in [0.15, 0.2) is 24.3 Å². The molecule has 1 atom stereocenters. The van der Waals surface area contributed by atoms with Crippen molar-refractivity contribution in [1.29, 1.82) is 0 Å². The summed E-state index contributed by atoms with van der Waals surface area (Å²) < 4.78 is 0. The number of carbonyl (C=O) groups is 2. The highest BCUT2D eigenvalue weighted by Crippen LogP contribution is 2.12. The normalized spacial score (nSPS) is 12.2. The molecule has 19 heavy (non-hydrogen) atoms. The van der Waals surface area contributed by atoms with Gasteiger partial charge in [0.25, 0.3) is 0 Å². The van der Waals surface area contributed by atoms with Gasteiger partial charge in [-0.05, 0) is 30.0 Å². The number of amides is 1. The molecule has 0 saturated carbocycles. The van der Waals surface area contributed by atoms with Crippen LogP contribution >= 0.6 is 0 Å². The van der Waals surface area contributed by atoms with Crippen molar-refractivity contribution >= 4 is 17.6 Å². The Morgan fingerprint density at radius 1 is 1.37 bits per heavy atom. The van der Waals surface area contributed by atoms with E-state index in [4.69, 9.17) is 10.8 Å². The summed E-state index contributed by atoms with van der Waals surface area (Å²) in [5.74, 6) is -0.805. The van der Waals surface area contributed by atoms with Gasteiger partial charge in [0, 0.05) is 5.69 Å². The standard InChI is InChI=1S/C14H20N2O3/c1-9(2)6-12(15)14(19)16-11-5-3-4-10(7-11)8-13(17)18/h3-5,7,9,12H,6,8,15H2,1-2H3,(H,16,19)(H,17,18)/t12-/m1/s1. The fourth-order valence-electron chi connectivity index (χ4n) is 1.78. The van der Waals surface area contributed by atoms with E-state index in [1.54, 1.807) is 24.3 Å². The fourth-order valence-corrected chi connectivity index (χ4v) is 1.78. The summed E-state index contributed by atoms with van der Waals surface area (Å²) in [6, 6.07) is 6.22. The van der Waals surface area contributed by atoms with Crippen molar-refractivity contribution in [2.45, 2.75) is 32.7 Å². The molecule has 1 rings (SSSR count). The van der Waals surface area contributed by atoms with E-state index in [-0.39, 0.29) is 12.3 Å². The van der Waals surface area contributed by atoms with Crippen molar-refractivity contribution in [3.8, 4) is 0 Å². The van der Waals surface area contributed by atoms with Gasteiger partial charge in [-0.25, -0.2) is 0 Å². The predicted octanol–water partition coefficient (Wildman–Crippen LogP) is 1.63. The molecule has 0 saturated heterocycles. The molecule has 4 N–H and O–H groups in total.